The van der Waals surface area contributed by atoms with Crippen LogP contribution < -0.4 is 4.90 Å². The van der Waals surface area contributed by atoms with E-state index in [4.69, 9.17) is 14.2 Å². The van der Waals surface area contributed by atoms with Gasteiger partial charge in [-0.2, -0.15) is 0 Å². The Bertz CT molecular complexity index is 709. The predicted molar refractivity (Wildman–Crippen MR) is 90.8 cm³/mol. The van der Waals surface area contributed by atoms with Crippen molar-refractivity contribution < 1.29 is 9.26 Å². The molecule has 4 heterocycles. The molecule has 128 valence electrons. The number of nitrogens with zero attached hydrogens (tertiary/aromatic N) is 4. The van der Waals surface area contributed by atoms with Crippen LogP contribution in [0.4, 0.5) is 5.95 Å². The molecule has 0 spiro atoms. The molecule has 0 radical (unpaired) electrons. The van der Waals surface area contributed by atoms with Gasteiger partial charge in [0.25, 0.3) is 0 Å². The van der Waals surface area contributed by atoms with Crippen LogP contribution in [0.2, 0.25) is 0 Å². The first-order valence-electron chi connectivity index (χ1n) is 8.88. The van der Waals surface area contributed by atoms with Gasteiger partial charge in [-0.25, -0.2) is 9.97 Å². The summed E-state index contributed by atoms with van der Waals surface area (Å²) in [4.78, 5) is 11.8. The van der Waals surface area contributed by atoms with E-state index in [0.29, 0.717) is 5.92 Å². The number of rotatable bonds is 3. The summed E-state index contributed by atoms with van der Waals surface area (Å²) in [5.74, 6) is 2.22. The monoisotopic (exact) mass is 328 g/mol. The lowest BCUT2D eigenvalue weighted by atomic mass is 10.0. The molecular weight excluding hydrogens is 304 g/mol. The summed E-state index contributed by atoms with van der Waals surface area (Å²) in [6.45, 7) is 7.04. The maximum absolute atomic E-state index is 5.90. The molecule has 0 bridgehead atoms. The van der Waals surface area contributed by atoms with Gasteiger partial charge in [0.05, 0.1) is 17.0 Å². The van der Waals surface area contributed by atoms with E-state index < -0.39 is 0 Å². The van der Waals surface area contributed by atoms with E-state index >= 15 is 0 Å². The topological polar surface area (TPSA) is 64.3 Å². The Morgan fingerprint density at radius 3 is 2.88 bits per heavy atom. The average Bonchev–Trinajstić information content (AvgIpc) is 3.26. The minimum atomic E-state index is 0.0226. The van der Waals surface area contributed by atoms with Gasteiger partial charge >= 0.3 is 0 Å². The molecule has 2 aromatic heterocycles. The predicted octanol–water partition coefficient (Wildman–Crippen LogP) is 3.53. The molecule has 0 aliphatic carbocycles. The molecule has 6 heteroatoms. The zero-order valence-corrected chi connectivity index (χ0v) is 14.4. The van der Waals surface area contributed by atoms with Gasteiger partial charge < -0.3 is 14.2 Å². The Hall–Kier alpha value is -1.95. The molecule has 2 aliphatic heterocycles. The SMILES string of the molecule is Cc1cc(-c2cnc(N3CCCC(C)C3)nc2[C@H]2CCCO2)on1. The Balaban J connectivity index is 1.71. The highest BCUT2D eigenvalue weighted by Gasteiger charge is 2.27. The Morgan fingerprint density at radius 2 is 2.17 bits per heavy atom. The Morgan fingerprint density at radius 1 is 1.25 bits per heavy atom. The molecule has 4 rings (SSSR count). The summed E-state index contributed by atoms with van der Waals surface area (Å²) in [5.41, 5.74) is 2.69. The largest absolute Gasteiger partial charge is 0.372 e. The van der Waals surface area contributed by atoms with Crippen molar-refractivity contribution in [2.24, 2.45) is 5.92 Å². The van der Waals surface area contributed by atoms with Crippen LogP contribution in [0, 0.1) is 12.8 Å². The van der Waals surface area contributed by atoms with E-state index in [9.17, 15) is 0 Å². The number of ether oxygens (including phenoxy) is 1. The van der Waals surface area contributed by atoms with Crippen LogP contribution in [-0.2, 0) is 4.74 Å². The van der Waals surface area contributed by atoms with E-state index in [0.717, 1.165) is 61.2 Å². The zero-order chi connectivity index (χ0) is 16.5. The second kappa shape index (κ2) is 6.51. The summed E-state index contributed by atoms with van der Waals surface area (Å²) in [6, 6.07) is 1.93. The third-order valence-electron chi connectivity index (χ3n) is 4.87. The van der Waals surface area contributed by atoms with Crippen molar-refractivity contribution in [3.63, 3.8) is 0 Å². The molecule has 0 N–H and O–H groups in total. The van der Waals surface area contributed by atoms with Gasteiger partial charge in [-0.1, -0.05) is 12.1 Å². The van der Waals surface area contributed by atoms with Gasteiger partial charge in [-0.3, -0.25) is 0 Å². The first kappa shape index (κ1) is 15.6. The summed E-state index contributed by atoms with van der Waals surface area (Å²) < 4.78 is 11.4. The Labute approximate surface area is 142 Å². The fraction of sp³-hybridized carbons (Fsp3) is 0.611. The third-order valence-corrected chi connectivity index (χ3v) is 4.87. The summed E-state index contributed by atoms with van der Waals surface area (Å²) in [6.07, 6.45) is 6.44. The molecule has 2 saturated heterocycles. The van der Waals surface area contributed by atoms with Crippen LogP contribution in [0.15, 0.2) is 16.8 Å². The number of hydrogen-bond donors (Lipinski definition) is 0. The number of aryl methyl sites for hydroxylation is 1. The van der Waals surface area contributed by atoms with Crippen LogP contribution in [-0.4, -0.2) is 34.8 Å². The van der Waals surface area contributed by atoms with Gasteiger partial charge in [-0.15, -0.1) is 0 Å². The van der Waals surface area contributed by atoms with E-state index in [1.807, 2.05) is 19.2 Å². The molecule has 6 nitrogen and oxygen atoms in total. The first-order valence-corrected chi connectivity index (χ1v) is 8.88. The van der Waals surface area contributed by atoms with Crippen LogP contribution in [0.1, 0.15) is 50.1 Å². The van der Waals surface area contributed by atoms with E-state index in [1.165, 1.54) is 12.8 Å². The van der Waals surface area contributed by atoms with E-state index in [-0.39, 0.29) is 6.10 Å². The standard InChI is InChI=1S/C18H24N4O2/c1-12-5-3-7-22(11-12)18-19-10-14(16-9-13(2)21-24-16)17(20-18)15-6-4-8-23-15/h9-10,12,15H,3-8,11H2,1-2H3/t12?,15-/m1/s1. The van der Waals surface area contributed by atoms with Crippen molar-refractivity contribution in [3.05, 3.63) is 23.7 Å². The maximum Gasteiger partial charge on any atom is 0.225 e. The van der Waals surface area contributed by atoms with Gasteiger partial charge in [0.2, 0.25) is 5.95 Å². The van der Waals surface area contributed by atoms with Gasteiger partial charge in [0.15, 0.2) is 5.76 Å². The van der Waals surface area contributed by atoms with Crippen molar-refractivity contribution in [1.29, 1.82) is 0 Å². The van der Waals surface area contributed by atoms with Crippen molar-refractivity contribution >= 4 is 5.95 Å². The normalized spacial score (nSPS) is 24.5. The molecule has 2 aromatic rings. The fourth-order valence-electron chi connectivity index (χ4n) is 3.63. The Kier molecular flexibility index (Phi) is 4.22. The van der Waals surface area contributed by atoms with E-state index in [2.05, 4.69) is 22.0 Å². The van der Waals surface area contributed by atoms with Crippen LogP contribution in [0.5, 0.6) is 0 Å². The van der Waals surface area contributed by atoms with Gasteiger partial charge in [0, 0.05) is 32.0 Å². The number of hydrogen-bond acceptors (Lipinski definition) is 6. The van der Waals surface area contributed by atoms with Crippen LogP contribution >= 0.6 is 0 Å². The van der Waals surface area contributed by atoms with Crippen molar-refractivity contribution in [2.45, 2.75) is 45.6 Å². The lowest BCUT2D eigenvalue weighted by Crippen LogP contribution is -2.35. The second-order valence-corrected chi connectivity index (χ2v) is 7.00. The van der Waals surface area contributed by atoms with E-state index in [1.54, 1.807) is 0 Å². The van der Waals surface area contributed by atoms with Crippen molar-refractivity contribution in [3.8, 4) is 11.3 Å². The van der Waals surface area contributed by atoms with Crippen molar-refractivity contribution in [2.75, 3.05) is 24.6 Å². The van der Waals surface area contributed by atoms with Gasteiger partial charge in [-0.05, 0) is 38.5 Å². The molecule has 0 amide bonds. The average molecular weight is 328 g/mol. The lowest BCUT2D eigenvalue weighted by Gasteiger charge is -2.31. The fourth-order valence-corrected chi connectivity index (χ4v) is 3.63. The molecule has 0 aromatic carbocycles. The van der Waals surface area contributed by atoms with Crippen LogP contribution in [0.3, 0.4) is 0 Å². The van der Waals surface area contributed by atoms with Gasteiger partial charge in [0.1, 0.15) is 6.10 Å². The summed E-state index contributed by atoms with van der Waals surface area (Å²) in [7, 11) is 0. The zero-order valence-electron chi connectivity index (χ0n) is 14.4. The van der Waals surface area contributed by atoms with Crippen LogP contribution in [0.25, 0.3) is 11.3 Å². The highest BCUT2D eigenvalue weighted by molar-refractivity contribution is 5.61. The number of aromatic nitrogens is 3. The molecule has 24 heavy (non-hydrogen) atoms. The highest BCUT2D eigenvalue weighted by atomic mass is 16.5. The molecular formula is C18H24N4O2. The quantitative estimate of drug-likeness (QED) is 0.859. The summed E-state index contributed by atoms with van der Waals surface area (Å²) in [5, 5.41) is 4.00. The maximum atomic E-state index is 5.90. The minimum absolute atomic E-state index is 0.0226. The lowest BCUT2D eigenvalue weighted by molar-refractivity contribution is 0.109. The number of anilines is 1. The number of piperidine rings is 1. The third kappa shape index (κ3) is 3.02. The molecule has 2 fully saturated rings. The smallest absolute Gasteiger partial charge is 0.225 e. The molecule has 2 atom stereocenters. The first-order chi connectivity index (χ1) is 11.7. The molecule has 2 aliphatic rings. The molecule has 1 unspecified atom stereocenters. The molecule has 0 saturated carbocycles. The minimum Gasteiger partial charge on any atom is -0.372 e. The summed E-state index contributed by atoms with van der Waals surface area (Å²) >= 11 is 0. The second-order valence-electron chi connectivity index (χ2n) is 7.00. The van der Waals surface area contributed by atoms with Crippen molar-refractivity contribution in [1.82, 2.24) is 15.1 Å². The highest BCUT2D eigenvalue weighted by Crippen LogP contribution is 2.35.